The van der Waals surface area contributed by atoms with Crippen LogP contribution >= 0.6 is 0 Å². The summed E-state index contributed by atoms with van der Waals surface area (Å²) < 4.78 is 0. The molecule has 0 radical (unpaired) electrons. The van der Waals surface area contributed by atoms with Crippen LogP contribution in [-0.2, 0) is 0 Å². The standard InChI is InChI=1S/C9H8N2.C5H4N4O3.CHN/c1-2-4-8(5-3-1)9-10-6-7-11-9;10-3-1-2(7-4(11)6-1)8-5(12)9-3;1-2/h1-7H,(H,10,11);(H4,6,7,8,9,10,11,12);1H. The van der Waals surface area contributed by atoms with E-state index in [1.807, 2.05) is 41.5 Å². The number of nitrogens with one attached hydrogen (secondary N) is 5. The molecule has 126 valence electrons. The first-order valence-electron chi connectivity index (χ1n) is 6.89. The van der Waals surface area contributed by atoms with Gasteiger partial charge in [-0.3, -0.25) is 24.7 Å². The number of aromatic amines is 5. The SMILES string of the molecule is C#N.O=c1[nH]c(=O)c2[nH]c(=O)[nH]c2[nH]1.c1ccc(-c2ncc[nH]2)cc1. The molecule has 10 nitrogen and oxygen atoms in total. The summed E-state index contributed by atoms with van der Waals surface area (Å²) in [7, 11) is 0. The minimum atomic E-state index is -0.650. The zero-order valence-electron chi connectivity index (χ0n) is 12.7. The first-order chi connectivity index (χ1) is 12.1. The molecule has 0 spiro atoms. The van der Waals surface area contributed by atoms with Crippen molar-refractivity contribution in [3.05, 3.63) is 74.0 Å². The molecule has 0 bridgehead atoms. The fourth-order valence-electron chi connectivity index (χ4n) is 1.98. The summed E-state index contributed by atoms with van der Waals surface area (Å²) in [4.78, 5) is 48.2. The summed E-state index contributed by atoms with van der Waals surface area (Å²) in [5.74, 6) is 0.922. The number of nitrogens with zero attached hydrogens (tertiary/aromatic N) is 2. The Kier molecular flexibility index (Phi) is 5.46. The van der Waals surface area contributed by atoms with Gasteiger partial charge in [0.15, 0.2) is 0 Å². The highest BCUT2D eigenvalue weighted by molar-refractivity contribution is 5.67. The average Bonchev–Trinajstić information content (AvgIpc) is 3.27. The molecule has 0 fully saturated rings. The maximum atomic E-state index is 10.9. The van der Waals surface area contributed by atoms with Gasteiger partial charge in [0.25, 0.3) is 5.56 Å². The van der Waals surface area contributed by atoms with Crippen LogP contribution < -0.4 is 16.9 Å². The van der Waals surface area contributed by atoms with Crippen LogP contribution in [0.2, 0.25) is 0 Å². The molecule has 3 heterocycles. The lowest BCUT2D eigenvalue weighted by molar-refractivity contribution is 1.07. The number of fused-ring (bicyclic) bond motifs is 1. The van der Waals surface area contributed by atoms with E-state index in [1.165, 1.54) is 0 Å². The van der Waals surface area contributed by atoms with Crippen LogP contribution in [0.5, 0.6) is 0 Å². The molecule has 5 N–H and O–H groups in total. The van der Waals surface area contributed by atoms with Gasteiger partial charge in [0.05, 0.1) is 0 Å². The second kappa shape index (κ2) is 7.93. The Hall–Kier alpha value is -4.13. The highest BCUT2D eigenvalue weighted by atomic mass is 16.2. The molecule has 3 aromatic heterocycles. The van der Waals surface area contributed by atoms with Crippen molar-refractivity contribution in [1.29, 1.82) is 5.26 Å². The van der Waals surface area contributed by atoms with Gasteiger partial charge in [0, 0.05) is 24.5 Å². The maximum Gasteiger partial charge on any atom is 0.327 e. The van der Waals surface area contributed by atoms with Crippen LogP contribution in [0.3, 0.4) is 0 Å². The number of aromatic nitrogens is 6. The van der Waals surface area contributed by atoms with E-state index in [-0.39, 0.29) is 11.2 Å². The summed E-state index contributed by atoms with van der Waals surface area (Å²) in [6.45, 7) is 3.50. The quantitative estimate of drug-likeness (QED) is 0.339. The van der Waals surface area contributed by atoms with Crippen LogP contribution in [0, 0.1) is 11.8 Å². The van der Waals surface area contributed by atoms with Gasteiger partial charge in [0.2, 0.25) is 0 Å². The van der Waals surface area contributed by atoms with Gasteiger partial charge < -0.3 is 4.98 Å². The lowest BCUT2D eigenvalue weighted by atomic mass is 10.2. The molecule has 4 aromatic rings. The monoisotopic (exact) mass is 339 g/mol. The minimum Gasteiger partial charge on any atom is -0.345 e. The second-order valence-corrected chi connectivity index (χ2v) is 4.54. The highest BCUT2D eigenvalue weighted by Crippen LogP contribution is 2.11. The molecule has 10 heteroatoms. The molecule has 4 rings (SSSR count). The van der Waals surface area contributed by atoms with E-state index in [9.17, 15) is 14.4 Å². The first-order valence-corrected chi connectivity index (χ1v) is 6.89. The normalized spacial score (nSPS) is 9.52. The van der Waals surface area contributed by atoms with Gasteiger partial charge >= 0.3 is 11.4 Å². The molecule has 0 amide bonds. The van der Waals surface area contributed by atoms with Crippen molar-refractivity contribution in [1.82, 2.24) is 29.9 Å². The molecular formula is C15H13N7O3. The summed E-state index contributed by atoms with van der Waals surface area (Å²) >= 11 is 0. The van der Waals surface area contributed by atoms with Crippen LogP contribution in [0.4, 0.5) is 0 Å². The lowest BCUT2D eigenvalue weighted by Gasteiger charge is -1.92. The number of nitriles is 1. The van der Waals surface area contributed by atoms with Gasteiger partial charge in [-0.1, -0.05) is 30.3 Å². The third kappa shape index (κ3) is 4.20. The molecule has 1 aromatic carbocycles. The van der Waals surface area contributed by atoms with E-state index in [2.05, 4.69) is 31.5 Å². The van der Waals surface area contributed by atoms with Crippen LogP contribution in [0.15, 0.2) is 57.1 Å². The van der Waals surface area contributed by atoms with Crippen LogP contribution in [0.25, 0.3) is 22.6 Å². The van der Waals surface area contributed by atoms with E-state index in [0.29, 0.717) is 0 Å². The van der Waals surface area contributed by atoms with Gasteiger partial charge in [0.1, 0.15) is 17.0 Å². The number of imidazole rings is 2. The van der Waals surface area contributed by atoms with E-state index >= 15 is 0 Å². The Labute approximate surface area is 139 Å². The van der Waals surface area contributed by atoms with E-state index in [1.54, 1.807) is 6.20 Å². The fraction of sp³-hybridized carbons (Fsp3) is 0. The van der Waals surface area contributed by atoms with E-state index in [4.69, 9.17) is 5.26 Å². The van der Waals surface area contributed by atoms with Crippen LogP contribution in [-0.4, -0.2) is 29.9 Å². The molecule has 0 saturated heterocycles. The van der Waals surface area contributed by atoms with Crippen molar-refractivity contribution in [3.63, 3.8) is 0 Å². The largest absolute Gasteiger partial charge is 0.345 e. The average molecular weight is 339 g/mol. The van der Waals surface area contributed by atoms with Crippen molar-refractivity contribution in [2.45, 2.75) is 0 Å². The summed E-state index contributed by atoms with van der Waals surface area (Å²) in [5, 5.41) is 6.50. The molecule has 25 heavy (non-hydrogen) atoms. The number of rotatable bonds is 1. The molecule has 0 aliphatic heterocycles. The molecule has 0 unspecified atom stereocenters. The Morgan fingerprint density at radius 1 is 0.880 bits per heavy atom. The number of hydrogen-bond donors (Lipinski definition) is 5. The van der Waals surface area contributed by atoms with Gasteiger partial charge in [-0.2, -0.15) is 0 Å². The first kappa shape index (κ1) is 17.2. The molecule has 0 aliphatic carbocycles. The van der Waals surface area contributed by atoms with Crippen molar-refractivity contribution in [3.8, 4) is 18.0 Å². The maximum absolute atomic E-state index is 10.9. The summed E-state index contributed by atoms with van der Waals surface area (Å²) in [6.07, 6.45) is 3.57. The molecule has 0 saturated carbocycles. The van der Waals surface area contributed by atoms with E-state index < -0.39 is 16.9 Å². The summed E-state index contributed by atoms with van der Waals surface area (Å²) in [5.41, 5.74) is -0.530. The van der Waals surface area contributed by atoms with Crippen molar-refractivity contribution in [2.75, 3.05) is 0 Å². The predicted octanol–water partition coefficient (Wildman–Crippen LogP) is 0.449. The Morgan fingerprint density at radius 2 is 1.52 bits per heavy atom. The summed E-state index contributed by atoms with van der Waals surface area (Å²) in [6, 6.07) is 10.0. The van der Waals surface area contributed by atoms with Crippen molar-refractivity contribution >= 4 is 11.2 Å². The van der Waals surface area contributed by atoms with Gasteiger partial charge in [-0.25, -0.2) is 19.8 Å². The smallest absolute Gasteiger partial charge is 0.327 e. The number of hydrogen-bond acceptors (Lipinski definition) is 5. The molecule has 0 aliphatic rings. The predicted molar refractivity (Wildman–Crippen MR) is 90.9 cm³/mol. The number of benzene rings is 1. The minimum absolute atomic E-state index is 0.0413. The Balaban J connectivity index is 0.000000165. The van der Waals surface area contributed by atoms with Gasteiger partial charge in [-0.15, -0.1) is 0 Å². The zero-order chi connectivity index (χ0) is 18.2. The molecule has 0 atom stereocenters. The third-order valence-electron chi connectivity index (χ3n) is 2.97. The van der Waals surface area contributed by atoms with Crippen molar-refractivity contribution < 1.29 is 0 Å². The zero-order valence-corrected chi connectivity index (χ0v) is 12.7. The Morgan fingerprint density at radius 3 is 2.12 bits per heavy atom. The Bertz CT molecular complexity index is 1110. The topological polar surface area (TPSA) is 167 Å². The van der Waals surface area contributed by atoms with Crippen molar-refractivity contribution in [2.24, 2.45) is 0 Å². The second-order valence-electron chi connectivity index (χ2n) is 4.54. The van der Waals surface area contributed by atoms with E-state index in [0.717, 1.165) is 11.4 Å². The van der Waals surface area contributed by atoms with Gasteiger partial charge in [-0.05, 0) is 0 Å². The lowest BCUT2D eigenvalue weighted by Crippen LogP contribution is -2.21. The number of H-pyrrole nitrogens is 5. The third-order valence-corrected chi connectivity index (χ3v) is 2.97. The van der Waals surface area contributed by atoms with Crippen LogP contribution in [0.1, 0.15) is 0 Å². The fourth-order valence-corrected chi connectivity index (χ4v) is 1.98. The highest BCUT2D eigenvalue weighted by Gasteiger charge is 2.02. The molecular weight excluding hydrogens is 326 g/mol.